The Morgan fingerprint density at radius 3 is 2.52 bits per heavy atom. The molecule has 0 aliphatic carbocycles. The molecule has 8 nitrogen and oxygen atoms in total. The number of rotatable bonds is 6. The third kappa shape index (κ3) is 5.29. The van der Waals surface area contributed by atoms with Crippen LogP contribution in [-0.4, -0.2) is 31.0 Å². The molecule has 0 saturated carbocycles. The zero-order chi connectivity index (χ0) is 20.8. The summed E-state index contributed by atoms with van der Waals surface area (Å²) in [6, 6.07) is 14.4. The molecule has 8 heteroatoms. The van der Waals surface area contributed by atoms with Gasteiger partial charge in [0.15, 0.2) is 13.2 Å². The van der Waals surface area contributed by atoms with Gasteiger partial charge in [-0.2, -0.15) is 0 Å². The minimum Gasteiger partial charge on any atom is -0.482 e. The minimum atomic E-state index is -0.793. The predicted octanol–water partition coefficient (Wildman–Crippen LogP) is 1.98. The summed E-state index contributed by atoms with van der Waals surface area (Å²) in [6.45, 7) is 0.707. The fourth-order valence-corrected chi connectivity index (χ4v) is 2.55. The van der Waals surface area contributed by atoms with E-state index in [0.29, 0.717) is 16.9 Å². The monoisotopic (exact) mass is 395 g/mol. The third-order valence-electron chi connectivity index (χ3n) is 3.93. The molecule has 0 aliphatic rings. The van der Waals surface area contributed by atoms with E-state index in [2.05, 4.69) is 5.32 Å². The molecular formula is C21H17NO7. The van der Waals surface area contributed by atoms with Crippen molar-refractivity contribution in [2.45, 2.75) is 6.92 Å². The number of benzene rings is 2. The Morgan fingerprint density at radius 1 is 1.00 bits per heavy atom. The van der Waals surface area contributed by atoms with E-state index in [1.807, 2.05) is 0 Å². The number of imide groups is 1. The average molecular weight is 395 g/mol. The van der Waals surface area contributed by atoms with E-state index >= 15 is 0 Å². The smallest absolute Gasteiger partial charge is 0.344 e. The molecule has 0 spiro atoms. The van der Waals surface area contributed by atoms with Gasteiger partial charge < -0.3 is 13.9 Å². The van der Waals surface area contributed by atoms with Crippen molar-refractivity contribution in [3.05, 3.63) is 76.1 Å². The summed E-state index contributed by atoms with van der Waals surface area (Å²) in [4.78, 5) is 46.8. The number of carbonyl (C=O) groups excluding carboxylic acids is 3. The van der Waals surface area contributed by atoms with Crippen molar-refractivity contribution < 1.29 is 28.3 Å². The van der Waals surface area contributed by atoms with Crippen LogP contribution in [0.3, 0.4) is 0 Å². The molecule has 0 fully saturated rings. The van der Waals surface area contributed by atoms with Crippen molar-refractivity contribution in [2.75, 3.05) is 13.2 Å². The normalized spacial score (nSPS) is 10.4. The van der Waals surface area contributed by atoms with E-state index in [9.17, 15) is 19.2 Å². The van der Waals surface area contributed by atoms with Crippen molar-refractivity contribution in [3.8, 4) is 5.75 Å². The lowest BCUT2D eigenvalue weighted by Crippen LogP contribution is -2.34. The fraction of sp³-hybridized carbons (Fsp3) is 0.143. The predicted molar refractivity (Wildman–Crippen MR) is 103 cm³/mol. The van der Waals surface area contributed by atoms with Gasteiger partial charge in [0, 0.05) is 23.1 Å². The van der Waals surface area contributed by atoms with Gasteiger partial charge >= 0.3 is 11.6 Å². The number of nitrogens with one attached hydrogen (secondary N) is 1. The summed E-state index contributed by atoms with van der Waals surface area (Å²) in [5.74, 6) is -1.84. The molecule has 1 N–H and O–H groups in total. The molecule has 29 heavy (non-hydrogen) atoms. The van der Waals surface area contributed by atoms with Crippen LogP contribution in [0.1, 0.15) is 15.9 Å². The quantitative estimate of drug-likeness (QED) is 0.502. The molecule has 0 radical (unpaired) electrons. The number of carbonyl (C=O) groups is 3. The molecule has 0 atom stereocenters. The summed E-state index contributed by atoms with van der Waals surface area (Å²) < 4.78 is 15.2. The minimum absolute atomic E-state index is 0.298. The van der Waals surface area contributed by atoms with Crippen molar-refractivity contribution in [3.63, 3.8) is 0 Å². The van der Waals surface area contributed by atoms with Gasteiger partial charge in [0.1, 0.15) is 11.3 Å². The Labute approximate surface area is 165 Å². The average Bonchev–Trinajstić information content (AvgIpc) is 2.71. The molecule has 0 saturated heterocycles. The highest BCUT2D eigenvalue weighted by atomic mass is 16.6. The lowest BCUT2D eigenvalue weighted by Gasteiger charge is -2.08. The van der Waals surface area contributed by atoms with Crippen molar-refractivity contribution in [1.82, 2.24) is 5.32 Å². The number of hydrogen-bond acceptors (Lipinski definition) is 7. The second-order valence-electron chi connectivity index (χ2n) is 6.10. The van der Waals surface area contributed by atoms with Crippen LogP contribution in [0.2, 0.25) is 0 Å². The Bertz CT molecular complexity index is 1120. The van der Waals surface area contributed by atoms with Crippen LogP contribution in [0.5, 0.6) is 5.75 Å². The van der Waals surface area contributed by atoms with Crippen LogP contribution in [0.15, 0.2) is 63.8 Å². The molecule has 0 bridgehead atoms. The summed E-state index contributed by atoms with van der Waals surface area (Å²) in [7, 11) is 0. The van der Waals surface area contributed by atoms with Gasteiger partial charge in [0.25, 0.3) is 11.8 Å². The molecule has 3 rings (SSSR count). The number of ether oxygens (including phenoxy) is 2. The fourth-order valence-electron chi connectivity index (χ4n) is 2.55. The van der Waals surface area contributed by atoms with Crippen LogP contribution >= 0.6 is 0 Å². The standard InChI is InChI=1S/C21H17NO7/c1-13-9-19(24)29-17-10-15(7-8-16(13)17)27-12-20(25)28-11-18(23)22-21(26)14-5-3-2-4-6-14/h2-10H,11-12H2,1H3,(H,22,23,26). The SMILES string of the molecule is Cc1cc(=O)oc2cc(OCC(=O)OCC(=O)NC(=O)c3ccccc3)ccc12. The van der Waals surface area contributed by atoms with Gasteiger partial charge in [-0.15, -0.1) is 0 Å². The topological polar surface area (TPSA) is 112 Å². The first kappa shape index (κ1) is 19.8. The zero-order valence-corrected chi connectivity index (χ0v) is 15.5. The molecule has 1 aromatic heterocycles. The maximum absolute atomic E-state index is 11.8. The highest BCUT2D eigenvalue weighted by Gasteiger charge is 2.13. The zero-order valence-electron chi connectivity index (χ0n) is 15.5. The molecule has 2 aromatic carbocycles. The lowest BCUT2D eigenvalue weighted by atomic mass is 10.1. The second kappa shape index (κ2) is 8.83. The van der Waals surface area contributed by atoms with E-state index in [1.54, 1.807) is 49.4 Å². The van der Waals surface area contributed by atoms with Crippen LogP contribution in [-0.2, 0) is 14.3 Å². The van der Waals surface area contributed by atoms with Crippen molar-refractivity contribution >= 4 is 28.8 Å². The third-order valence-corrected chi connectivity index (χ3v) is 3.93. The molecule has 1 heterocycles. The van der Waals surface area contributed by atoms with E-state index in [4.69, 9.17) is 13.9 Å². The maximum Gasteiger partial charge on any atom is 0.344 e. The number of amides is 2. The van der Waals surface area contributed by atoms with Gasteiger partial charge in [-0.05, 0) is 36.8 Å². The molecule has 3 aromatic rings. The first-order chi connectivity index (χ1) is 13.9. The highest BCUT2D eigenvalue weighted by molar-refractivity contribution is 6.05. The Kier molecular flexibility index (Phi) is 6.03. The van der Waals surface area contributed by atoms with E-state index < -0.39 is 36.6 Å². The van der Waals surface area contributed by atoms with Crippen LogP contribution in [0.4, 0.5) is 0 Å². The Hall–Kier alpha value is -3.94. The Morgan fingerprint density at radius 2 is 1.76 bits per heavy atom. The van der Waals surface area contributed by atoms with Gasteiger partial charge in [-0.3, -0.25) is 14.9 Å². The molecule has 0 unspecified atom stereocenters. The van der Waals surface area contributed by atoms with Gasteiger partial charge in [0.05, 0.1) is 0 Å². The van der Waals surface area contributed by atoms with Crippen LogP contribution in [0.25, 0.3) is 11.0 Å². The van der Waals surface area contributed by atoms with Crippen LogP contribution < -0.4 is 15.7 Å². The first-order valence-corrected chi connectivity index (χ1v) is 8.64. The molecule has 0 aliphatic heterocycles. The highest BCUT2D eigenvalue weighted by Crippen LogP contribution is 2.22. The van der Waals surface area contributed by atoms with Crippen molar-refractivity contribution in [1.29, 1.82) is 0 Å². The summed E-state index contributed by atoms with van der Waals surface area (Å²) in [6.07, 6.45) is 0. The van der Waals surface area contributed by atoms with E-state index in [-0.39, 0.29) is 0 Å². The first-order valence-electron chi connectivity index (χ1n) is 8.64. The lowest BCUT2D eigenvalue weighted by molar-refractivity contribution is -0.150. The summed E-state index contributed by atoms with van der Waals surface area (Å²) in [5, 5.41) is 2.87. The number of hydrogen-bond donors (Lipinski definition) is 1. The summed E-state index contributed by atoms with van der Waals surface area (Å²) >= 11 is 0. The Balaban J connectivity index is 1.48. The van der Waals surface area contributed by atoms with Crippen molar-refractivity contribution in [2.24, 2.45) is 0 Å². The number of aryl methyl sites for hydroxylation is 1. The number of esters is 1. The molecule has 2 amide bonds. The summed E-state index contributed by atoms with van der Waals surface area (Å²) in [5.41, 5.74) is 0.925. The van der Waals surface area contributed by atoms with Crippen LogP contribution in [0, 0.1) is 6.92 Å². The molecule has 148 valence electrons. The van der Waals surface area contributed by atoms with Gasteiger partial charge in [-0.1, -0.05) is 18.2 Å². The number of fused-ring (bicyclic) bond motifs is 1. The van der Waals surface area contributed by atoms with Gasteiger partial charge in [0.2, 0.25) is 0 Å². The van der Waals surface area contributed by atoms with E-state index in [1.165, 1.54) is 12.1 Å². The second-order valence-corrected chi connectivity index (χ2v) is 6.10. The van der Waals surface area contributed by atoms with E-state index in [0.717, 1.165) is 10.9 Å². The largest absolute Gasteiger partial charge is 0.482 e. The molecular weight excluding hydrogens is 378 g/mol. The maximum atomic E-state index is 11.8. The van der Waals surface area contributed by atoms with Gasteiger partial charge in [-0.25, -0.2) is 9.59 Å².